The van der Waals surface area contributed by atoms with Crippen molar-refractivity contribution in [1.82, 2.24) is 19.7 Å². The van der Waals surface area contributed by atoms with Crippen LogP contribution in [-0.4, -0.2) is 29.3 Å². The van der Waals surface area contributed by atoms with Gasteiger partial charge in [0.2, 0.25) is 15.9 Å². The smallest absolute Gasteiger partial charge is 0.242 e. The van der Waals surface area contributed by atoms with Gasteiger partial charge in [-0.1, -0.05) is 66.7 Å². The molecule has 1 aliphatic heterocycles. The molecule has 6 rings (SSSR count). The summed E-state index contributed by atoms with van der Waals surface area (Å²) in [5.74, 6) is 0.326. The molecule has 0 spiro atoms. The van der Waals surface area contributed by atoms with E-state index in [4.69, 9.17) is 4.98 Å². The molecule has 192 valence electrons. The molecule has 38 heavy (non-hydrogen) atoms. The number of hydrogen-bond acceptors (Lipinski definition) is 7. The number of carbonyl (C=O) groups is 1. The van der Waals surface area contributed by atoms with Crippen molar-refractivity contribution < 1.29 is 13.2 Å². The quantitative estimate of drug-likeness (QED) is 0.256. The summed E-state index contributed by atoms with van der Waals surface area (Å²) in [6.45, 7) is 0. The molecule has 1 aliphatic rings. The van der Waals surface area contributed by atoms with Crippen LogP contribution >= 0.6 is 11.3 Å². The second kappa shape index (κ2) is 10.0. The predicted molar refractivity (Wildman–Crippen MR) is 148 cm³/mol. The average Bonchev–Trinajstić information content (AvgIpc) is 3.61. The molecule has 2 atom stereocenters. The van der Waals surface area contributed by atoms with E-state index in [0.717, 1.165) is 38.9 Å². The van der Waals surface area contributed by atoms with E-state index in [1.54, 1.807) is 23.5 Å². The number of aromatic nitrogens is 3. The number of imidazole rings is 1. The second-order valence-corrected chi connectivity index (χ2v) is 12.3. The Balaban J connectivity index is 1.25. The lowest BCUT2D eigenvalue weighted by molar-refractivity contribution is -0.118. The highest BCUT2D eigenvalue weighted by atomic mass is 32.2. The number of benzene rings is 3. The first-order valence-corrected chi connectivity index (χ1v) is 14.6. The number of H-pyrrole nitrogens is 1. The molecule has 0 saturated carbocycles. The van der Waals surface area contributed by atoms with Crippen molar-refractivity contribution in [1.29, 1.82) is 0 Å². The minimum absolute atomic E-state index is 0.0554. The number of fused-ring (bicyclic) bond motifs is 1. The minimum Gasteiger partial charge on any atom is -0.351 e. The summed E-state index contributed by atoms with van der Waals surface area (Å²) in [5, 5.41) is 3.51. The van der Waals surface area contributed by atoms with Crippen molar-refractivity contribution in [2.45, 2.75) is 30.6 Å². The third-order valence-electron chi connectivity index (χ3n) is 6.60. The van der Waals surface area contributed by atoms with Gasteiger partial charge in [-0.3, -0.25) is 9.52 Å². The Kier molecular flexibility index (Phi) is 6.42. The van der Waals surface area contributed by atoms with E-state index >= 15 is 0 Å². The molecule has 1 fully saturated rings. The van der Waals surface area contributed by atoms with Gasteiger partial charge in [-0.25, -0.2) is 18.4 Å². The number of carbonyl (C=O) groups excluding carboxylic acids is 1. The van der Waals surface area contributed by atoms with Gasteiger partial charge in [0.25, 0.3) is 0 Å². The van der Waals surface area contributed by atoms with Gasteiger partial charge < -0.3 is 10.3 Å². The topological polar surface area (TPSA) is 117 Å². The van der Waals surface area contributed by atoms with Crippen LogP contribution < -0.4 is 10.0 Å². The highest BCUT2D eigenvalue weighted by Gasteiger charge is 2.37. The molecule has 0 bridgehead atoms. The van der Waals surface area contributed by atoms with E-state index in [2.05, 4.69) is 32.1 Å². The monoisotopic (exact) mass is 543 g/mol. The molecule has 10 heteroatoms. The summed E-state index contributed by atoms with van der Waals surface area (Å²) in [5.41, 5.74) is 4.68. The van der Waals surface area contributed by atoms with Crippen molar-refractivity contribution in [3.8, 4) is 0 Å². The number of thiazole rings is 1. The standard InChI is InChI=1S/C28H25N5O3S2/c34-26-16-25(38(35,36)33-26)20-12-10-19(11-13-20)15-24(27-30-22-8-4-5-9-23(22)31-27)32-28-29-17-21(37-28)14-18-6-2-1-3-7-18/h1-13,17,24-25H,14-16H2,(H,29,32)(H,30,31)(H,33,34). The molecule has 0 radical (unpaired) electrons. The Morgan fingerprint density at radius 1 is 0.974 bits per heavy atom. The molecule has 2 unspecified atom stereocenters. The van der Waals surface area contributed by atoms with Crippen LogP contribution in [0.2, 0.25) is 0 Å². The molecule has 2 aromatic heterocycles. The van der Waals surface area contributed by atoms with Gasteiger partial charge in [0.15, 0.2) is 5.13 Å². The molecule has 0 aliphatic carbocycles. The Bertz CT molecular complexity index is 1660. The SMILES string of the molecule is O=C1CC(c2ccc(CC(Nc3ncc(Cc4ccccc4)s3)c3nc4ccccc4[nH]3)cc2)S(=O)(=O)N1. The summed E-state index contributed by atoms with van der Waals surface area (Å²) in [6.07, 6.45) is 3.27. The largest absolute Gasteiger partial charge is 0.351 e. The first kappa shape index (κ1) is 24.3. The van der Waals surface area contributed by atoms with Crippen molar-refractivity contribution in [3.05, 3.63) is 112 Å². The van der Waals surface area contributed by atoms with Crippen LogP contribution in [0, 0.1) is 0 Å². The van der Waals surface area contributed by atoms with Gasteiger partial charge >= 0.3 is 0 Å². The first-order valence-electron chi connectivity index (χ1n) is 12.3. The summed E-state index contributed by atoms with van der Waals surface area (Å²) >= 11 is 1.62. The van der Waals surface area contributed by atoms with E-state index in [0.29, 0.717) is 12.0 Å². The van der Waals surface area contributed by atoms with Gasteiger partial charge in [0.1, 0.15) is 11.1 Å². The Morgan fingerprint density at radius 2 is 1.74 bits per heavy atom. The van der Waals surface area contributed by atoms with E-state index in [-0.39, 0.29) is 12.5 Å². The average molecular weight is 544 g/mol. The minimum atomic E-state index is -3.68. The number of anilines is 1. The van der Waals surface area contributed by atoms with Crippen LogP contribution in [0.5, 0.6) is 0 Å². The Labute approximate surface area is 224 Å². The fraction of sp³-hybridized carbons (Fsp3) is 0.179. The fourth-order valence-electron chi connectivity index (χ4n) is 4.71. The first-order chi connectivity index (χ1) is 18.4. The summed E-state index contributed by atoms with van der Waals surface area (Å²) < 4.78 is 26.6. The number of sulfonamides is 1. The molecule has 3 heterocycles. The molecule has 3 N–H and O–H groups in total. The lowest BCUT2D eigenvalue weighted by atomic mass is 10.0. The number of amides is 1. The second-order valence-electron chi connectivity index (χ2n) is 9.34. The highest BCUT2D eigenvalue weighted by molar-refractivity contribution is 7.90. The number of hydrogen-bond donors (Lipinski definition) is 3. The molecule has 1 amide bonds. The normalized spacial score (nSPS) is 17.4. The van der Waals surface area contributed by atoms with Gasteiger partial charge in [-0.2, -0.15) is 0 Å². The van der Waals surface area contributed by atoms with Crippen LogP contribution in [0.3, 0.4) is 0 Å². The zero-order valence-corrected chi connectivity index (χ0v) is 21.9. The number of nitrogens with one attached hydrogen (secondary N) is 3. The lowest BCUT2D eigenvalue weighted by Crippen LogP contribution is -2.21. The maximum atomic E-state index is 12.3. The van der Waals surface area contributed by atoms with Crippen LogP contribution in [-0.2, 0) is 27.7 Å². The van der Waals surface area contributed by atoms with E-state index < -0.39 is 21.2 Å². The number of aromatic amines is 1. The lowest BCUT2D eigenvalue weighted by Gasteiger charge is -2.17. The van der Waals surface area contributed by atoms with Gasteiger partial charge in [-0.05, 0) is 35.2 Å². The Morgan fingerprint density at radius 3 is 2.47 bits per heavy atom. The molecule has 3 aromatic carbocycles. The molecule has 1 saturated heterocycles. The zero-order chi connectivity index (χ0) is 26.1. The maximum Gasteiger partial charge on any atom is 0.242 e. The Hall–Kier alpha value is -4.02. The van der Waals surface area contributed by atoms with Crippen molar-refractivity contribution in [2.24, 2.45) is 0 Å². The third-order valence-corrected chi connectivity index (χ3v) is 9.23. The predicted octanol–water partition coefficient (Wildman–Crippen LogP) is 4.90. The van der Waals surface area contributed by atoms with Crippen LogP contribution in [0.15, 0.2) is 85.1 Å². The van der Waals surface area contributed by atoms with Crippen molar-refractivity contribution >= 4 is 43.4 Å². The van der Waals surface area contributed by atoms with E-state index in [1.807, 2.05) is 60.8 Å². The van der Waals surface area contributed by atoms with Crippen LogP contribution in [0.1, 0.15) is 45.1 Å². The summed E-state index contributed by atoms with van der Waals surface area (Å²) in [4.78, 5) is 25.7. The van der Waals surface area contributed by atoms with Crippen molar-refractivity contribution in [2.75, 3.05) is 5.32 Å². The van der Waals surface area contributed by atoms with E-state index in [1.165, 1.54) is 5.56 Å². The molecule has 5 aromatic rings. The van der Waals surface area contributed by atoms with Crippen LogP contribution in [0.25, 0.3) is 11.0 Å². The number of para-hydroxylation sites is 2. The van der Waals surface area contributed by atoms with Gasteiger partial charge in [0, 0.05) is 17.5 Å². The molecule has 8 nitrogen and oxygen atoms in total. The molecular weight excluding hydrogens is 518 g/mol. The number of nitrogens with zero attached hydrogens (tertiary/aromatic N) is 2. The van der Waals surface area contributed by atoms with Crippen molar-refractivity contribution in [3.63, 3.8) is 0 Å². The maximum absolute atomic E-state index is 12.3. The fourth-order valence-corrected chi connectivity index (χ4v) is 7.03. The summed E-state index contributed by atoms with van der Waals surface area (Å²) in [7, 11) is -3.68. The summed E-state index contributed by atoms with van der Waals surface area (Å²) in [6, 6.07) is 25.4. The number of rotatable bonds is 8. The van der Waals surface area contributed by atoms with Gasteiger partial charge in [0.05, 0.1) is 23.5 Å². The zero-order valence-electron chi connectivity index (χ0n) is 20.3. The third kappa shape index (κ3) is 5.18. The van der Waals surface area contributed by atoms with E-state index in [9.17, 15) is 13.2 Å². The highest BCUT2D eigenvalue weighted by Crippen LogP contribution is 2.32. The van der Waals surface area contributed by atoms with Crippen LogP contribution in [0.4, 0.5) is 5.13 Å². The molecular formula is C28H25N5O3S2. The van der Waals surface area contributed by atoms with Gasteiger partial charge in [-0.15, -0.1) is 11.3 Å².